The molecule has 0 bridgehead atoms. The van der Waals surface area contributed by atoms with E-state index in [2.05, 4.69) is 23.6 Å². The molecule has 0 aromatic heterocycles. The first-order chi connectivity index (χ1) is 4.18. The Morgan fingerprint density at radius 1 is 1.67 bits per heavy atom. The zero-order valence-electron chi connectivity index (χ0n) is 5.46. The van der Waals surface area contributed by atoms with Gasteiger partial charge in [-0.05, 0) is 6.20 Å². The van der Waals surface area contributed by atoms with Crippen LogP contribution < -0.4 is 5.73 Å². The first-order valence-corrected chi connectivity index (χ1v) is 2.29. The fourth-order valence-corrected chi connectivity index (χ4v) is 0.117. The fourth-order valence-electron chi connectivity index (χ4n) is 0.117. The van der Waals surface area contributed by atoms with Gasteiger partial charge in [0.1, 0.15) is 0 Å². The summed E-state index contributed by atoms with van der Waals surface area (Å²) in [4.78, 5) is 9.75. The van der Waals surface area contributed by atoms with E-state index in [-0.39, 0.29) is 5.97 Å². The van der Waals surface area contributed by atoms with Gasteiger partial charge in [0.15, 0.2) is 0 Å². The summed E-state index contributed by atoms with van der Waals surface area (Å²) in [5.74, 6) is -0.329. The molecule has 0 spiro atoms. The summed E-state index contributed by atoms with van der Waals surface area (Å²) in [6, 6.07) is 0. The average molecular weight is 129 g/mol. The molecule has 0 aromatic rings. The Balaban J connectivity index is 0. The summed E-state index contributed by atoms with van der Waals surface area (Å²) >= 11 is 0. The number of carbonyl (C=O) groups excluding carboxylic acids is 1. The zero-order valence-corrected chi connectivity index (χ0v) is 5.46. The predicted molar refractivity (Wildman–Crippen MR) is 36.3 cm³/mol. The third-order valence-corrected chi connectivity index (χ3v) is 0.249. The van der Waals surface area contributed by atoms with E-state index >= 15 is 0 Å². The highest BCUT2D eigenvalue weighted by Gasteiger charge is 1.79. The molecule has 0 atom stereocenters. The van der Waals surface area contributed by atoms with Gasteiger partial charge >= 0.3 is 5.97 Å². The van der Waals surface area contributed by atoms with E-state index in [9.17, 15) is 4.79 Å². The van der Waals surface area contributed by atoms with Crippen molar-refractivity contribution >= 4 is 5.97 Å². The highest BCUT2D eigenvalue weighted by atomic mass is 16.5. The Kier molecular flexibility index (Phi) is 11.7. The van der Waals surface area contributed by atoms with E-state index in [1.54, 1.807) is 0 Å². The maximum atomic E-state index is 9.75. The van der Waals surface area contributed by atoms with E-state index in [1.165, 1.54) is 13.1 Å². The molecule has 0 amide bonds. The second-order valence-electron chi connectivity index (χ2n) is 1.01. The molecule has 0 radical (unpaired) electrons. The lowest BCUT2D eigenvalue weighted by atomic mass is 10.8. The van der Waals surface area contributed by atoms with Gasteiger partial charge in [0.05, 0.1) is 6.26 Å². The second kappa shape index (κ2) is 9.89. The molecule has 2 N–H and O–H groups in total. The number of ether oxygens (including phenoxy) is 1. The summed E-state index contributed by atoms with van der Waals surface area (Å²) < 4.78 is 4.17. The quantitative estimate of drug-likeness (QED) is 0.420. The van der Waals surface area contributed by atoms with Crippen LogP contribution in [-0.4, -0.2) is 5.97 Å². The topological polar surface area (TPSA) is 52.3 Å². The van der Waals surface area contributed by atoms with Crippen LogP contribution in [0.15, 0.2) is 25.6 Å². The van der Waals surface area contributed by atoms with E-state index in [4.69, 9.17) is 0 Å². The normalized spacial score (nSPS) is 5.89. The molecular formula is C6H11NO2. The minimum absolute atomic E-state index is 0.329. The van der Waals surface area contributed by atoms with Crippen molar-refractivity contribution < 1.29 is 9.53 Å². The van der Waals surface area contributed by atoms with Gasteiger partial charge in [0, 0.05) is 6.92 Å². The van der Waals surface area contributed by atoms with Gasteiger partial charge in [-0.15, -0.1) is 0 Å². The van der Waals surface area contributed by atoms with E-state index in [1.807, 2.05) is 0 Å². The van der Waals surface area contributed by atoms with Gasteiger partial charge in [-0.2, -0.15) is 0 Å². The molecular weight excluding hydrogens is 118 g/mol. The van der Waals surface area contributed by atoms with Gasteiger partial charge < -0.3 is 10.5 Å². The van der Waals surface area contributed by atoms with Crippen molar-refractivity contribution in [2.45, 2.75) is 6.92 Å². The Labute approximate surface area is 54.8 Å². The number of carbonyl (C=O) groups is 1. The van der Waals surface area contributed by atoms with Crippen LogP contribution in [0.5, 0.6) is 0 Å². The molecule has 3 heteroatoms. The van der Waals surface area contributed by atoms with Gasteiger partial charge in [0.2, 0.25) is 0 Å². The van der Waals surface area contributed by atoms with Gasteiger partial charge in [-0.3, -0.25) is 4.79 Å². The van der Waals surface area contributed by atoms with Crippen LogP contribution in [-0.2, 0) is 9.53 Å². The maximum Gasteiger partial charge on any atom is 0.307 e. The van der Waals surface area contributed by atoms with Crippen LogP contribution in [0.4, 0.5) is 0 Å². The molecule has 0 saturated carbocycles. The SMILES string of the molecule is C=CN.C=COC(C)=O. The first-order valence-electron chi connectivity index (χ1n) is 2.29. The van der Waals surface area contributed by atoms with Crippen molar-refractivity contribution in [3.8, 4) is 0 Å². The van der Waals surface area contributed by atoms with Gasteiger partial charge in [-0.1, -0.05) is 13.2 Å². The lowest BCUT2D eigenvalue weighted by Gasteiger charge is -1.83. The molecule has 0 heterocycles. The molecule has 0 saturated heterocycles. The standard InChI is InChI=1S/C4H6O2.C2H5N/c1-3-6-4(2)5;1-2-3/h3H,1H2,2H3;2H,1,3H2. The summed E-state index contributed by atoms with van der Waals surface area (Å²) in [5.41, 5.74) is 4.61. The Hall–Kier alpha value is -1.25. The molecule has 0 aliphatic rings. The highest BCUT2D eigenvalue weighted by Crippen LogP contribution is 1.70. The summed E-state index contributed by atoms with van der Waals surface area (Å²) in [6.45, 7) is 7.62. The monoisotopic (exact) mass is 129 g/mol. The van der Waals surface area contributed by atoms with Crippen LogP contribution in [0.2, 0.25) is 0 Å². The van der Waals surface area contributed by atoms with Crippen molar-refractivity contribution in [3.63, 3.8) is 0 Å². The van der Waals surface area contributed by atoms with Crippen molar-refractivity contribution in [2.75, 3.05) is 0 Å². The zero-order chi connectivity index (χ0) is 7.70. The molecule has 52 valence electrons. The van der Waals surface area contributed by atoms with Crippen LogP contribution in [0.3, 0.4) is 0 Å². The fraction of sp³-hybridized carbons (Fsp3) is 0.167. The molecule has 0 aliphatic carbocycles. The Morgan fingerprint density at radius 3 is 2.00 bits per heavy atom. The first kappa shape index (κ1) is 10.7. The number of rotatable bonds is 1. The van der Waals surface area contributed by atoms with Crippen molar-refractivity contribution in [3.05, 3.63) is 25.6 Å². The summed E-state index contributed by atoms with van der Waals surface area (Å²) in [6.07, 6.45) is 2.35. The van der Waals surface area contributed by atoms with E-state index < -0.39 is 0 Å². The van der Waals surface area contributed by atoms with Crippen LogP contribution in [0, 0.1) is 0 Å². The number of nitrogens with two attached hydrogens (primary N) is 1. The van der Waals surface area contributed by atoms with Crippen molar-refractivity contribution in [2.24, 2.45) is 5.73 Å². The number of esters is 1. The second-order valence-corrected chi connectivity index (χ2v) is 1.01. The average Bonchev–Trinajstić information content (AvgIpc) is 1.67. The van der Waals surface area contributed by atoms with Crippen LogP contribution >= 0.6 is 0 Å². The summed E-state index contributed by atoms with van der Waals surface area (Å²) in [7, 11) is 0. The predicted octanol–water partition coefficient (Wildman–Crippen LogP) is 0.782. The molecule has 0 aliphatic heterocycles. The van der Waals surface area contributed by atoms with Gasteiger partial charge in [-0.25, -0.2) is 0 Å². The third kappa shape index (κ3) is 49.7. The summed E-state index contributed by atoms with van der Waals surface area (Å²) in [5, 5.41) is 0. The highest BCUT2D eigenvalue weighted by molar-refractivity contribution is 5.66. The third-order valence-electron chi connectivity index (χ3n) is 0.249. The minimum Gasteiger partial charge on any atom is -0.435 e. The lowest BCUT2D eigenvalue weighted by molar-refractivity contribution is -0.135. The lowest BCUT2D eigenvalue weighted by Crippen LogP contribution is -1.87. The molecule has 0 unspecified atom stereocenters. The van der Waals surface area contributed by atoms with Crippen molar-refractivity contribution in [1.29, 1.82) is 0 Å². The van der Waals surface area contributed by atoms with E-state index in [0.29, 0.717) is 0 Å². The largest absolute Gasteiger partial charge is 0.435 e. The van der Waals surface area contributed by atoms with Crippen LogP contribution in [0.1, 0.15) is 6.92 Å². The van der Waals surface area contributed by atoms with Crippen molar-refractivity contribution in [1.82, 2.24) is 0 Å². The molecule has 3 nitrogen and oxygen atoms in total. The number of hydrogen-bond acceptors (Lipinski definition) is 3. The molecule has 0 aromatic carbocycles. The van der Waals surface area contributed by atoms with E-state index in [0.717, 1.165) is 6.26 Å². The Morgan fingerprint density at radius 2 is 2.00 bits per heavy atom. The Bertz CT molecular complexity index is 99.2. The minimum atomic E-state index is -0.329. The van der Waals surface area contributed by atoms with Crippen LogP contribution in [0.25, 0.3) is 0 Å². The maximum absolute atomic E-state index is 9.75. The van der Waals surface area contributed by atoms with Gasteiger partial charge in [0.25, 0.3) is 0 Å². The molecule has 9 heavy (non-hydrogen) atoms. The number of hydrogen-bond donors (Lipinski definition) is 1. The smallest absolute Gasteiger partial charge is 0.307 e. The molecule has 0 rings (SSSR count). The molecule has 0 fully saturated rings.